The van der Waals surface area contributed by atoms with Crippen molar-refractivity contribution in [3.05, 3.63) is 29.9 Å². The molecule has 0 atom stereocenters. The van der Waals surface area contributed by atoms with Crippen LogP contribution in [0.4, 0.5) is 10.1 Å². The maximum Gasteiger partial charge on any atom is 0.220 e. The number of hydrogen-bond donors (Lipinski definition) is 1. The van der Waals surface area contributed by atoms with Crippen molar-refractivity contribution in [2.45, 2.75) is 26.2 Å². The van der Waals surface area contributed by atoms with Crippen molar-refractivity contribution in [3.8, 4) is 0 Å². The lowest BCUT2D eigenvalue weighted by molar-refractivity contribution is 0.580. The second kappa shape index (κ2) is 7.24. The Balaban J connectivity index is 2.14. The lowest BCUT2D eigenvalue weighted by atomic mass is 10.2. The Morgan fingerprint density at radius 3 is 3.16 bits per heavy atom. The molecule has 4 heteroatoms. The molecule has 0 amide bonds. The number of hydrogen-bond acceptors (Lipinski definition) is 3. The average molecular weight is 263 g/mol. The zero-order valence-corrected chi connectivity index (χ0v) is 11.5. The van der Waals surface area contributed by atoms with Crippen LogP contribution in [0.25, 0.3) is 6.08 Å². The molecule has 0 aliphatic carbocycles. The number of pyridine rings is 1. The maximum atomic E-state index is 13.7. The summed E-state index contributed by atoms with van der Waals surface area (Å²) in [6.07, 6.45) is 8.63. The van der Waals surface area contributed by atoms with Gasteiger partial charge in [0.1, 0.15) is 0 Å². The summed E-state index contributed by atoms with van der Waals surface area (Å²) in [4.78, 5) is 6.15. The van der Waals surface area contributed by atoms with Crippen LogP contribution in [0.3, 0.4) is 0 Å². The molecule has 0 aromatic carbocycles. The van der Waals surface area contributed by atoms with Gasteiger partial charge < -0.3 is 10.2 Å². The molecule has 0 unspecified atom stereocenters. The van der Waals surface area contributed by atoms with Crippen molar-refractivity contribution in [1.82, 2.24) is 10.3 Å². The van der Waals surface area contributed by atoms with Gasteiger partial charge in [0.25, 0.3) is 0 Å². The molecule has 1 saturated heterocycles. The summed E-state index contributed by atoms with van der Waals surface area (Å²) in [6, 6.07) is 1.90. The number of allylic oxidation sites excluding steroid dienone is 1. The Bertz CT molecular complexity index is 423. The van der Waals surface area contributed by atoms with Crippen molar-refractivity contribution in [2.24, 2.45) is 0 Å². The van der Waals surface area contributed by atoms with E-state index in [0.29, 0.717) is 5.56 Å². The third-order valence-corrected chi connectivity index (χ3v) is 3.31. The highest BCUT2D eigenvalue weighted by Crippen LogP contribution is 2.19. The fraction of sp³-hybridized carbons (Fsp3) is 0.533. The van der Waals surface area contributed by atoms with Crippen molar-refractivity contribution in [2.75, 3.05) is 31.1 Å². The predicted octanol–water partition coefficient (Wildman–Crippen LogP) is 2.83. The summed E-state index contributed by atoms with van der Waals surface area (Å²) in [6.45, 7) is 6.08. The number of rotatable bonds is 4. The second-order valence-corrected chi connectivity index (χ2v) is 4.86. The van der Waals surface area contributed by atoms with Crippen molar-refractivity contribution in [1.29, 1.82) is 0 Å². The summed E-state index contributed by atoms with van der Waals surface area (Å²) in [5, 5.41) is 3.36. The maximum absolute atomic E-state index is 13.7. The number of anilines is 1. The van der Waals surface area contributed by atoms with Gasteiger partial charge in [-0.2, -0.15) is 4.39 Å². The second-order valence-electron chi connectivity index (χ2n) is 4.86. The summed E-state index contributed by atoms with van der Waals surface area (Å²) in [5.74, 6) is -0.385. The Morgan fingerprint density at radius 1 is 1.42 bits per heavy atom. The highest BCUT2D eigenvalue weighted by atomic mass is 19.1. The third kappa shape index (κ3) is 4.03. The molecule has 104 valence electrons. The number of unbranched alkanes of at least 4 members (excludes halogenated alkanes) is 1. The van der Waals surface area contributed by atoms with Crippen molar-refractivity contribution in [3.63, 3.8) is 0 Å². The van der Waals surface area contributed by atoms with Crippen LogP contribution in [0, 0.1) is 5.95 Å². The zero-order chi connectivity index (χ0) is 13.5. The van der Waals surface area contributed by atoms with Crippen LogP contribution in [0.2, 0.25) is 0 Å². The van der Waals surface area contributed by atoms with Gasteiger partial charge in [0.15, 0.2) is 0 Å². The quantitative estimate of drug-likeness (QED) is 0.847. The average Bonchev–Trinajstić information content (AvgIpc) is 2.70. The van der Waals surface area contributed by atoms with E-state index in [9.17, 15) is 4.39 Å². The lowest BCUT2D eigenvalue weighted by Gasteiger charge is -2.22. The molecule has 1 aromatic heterocycles. The molecule has 0 spiro atoms. The van der Waals surface area contributed by atoms with Crippen LogP contribution >= 0.6 is 0 Å². The molecule has 1 aromatic rings. The molecule has 0 radical (unpaired) electrons. The fourth-order valence-electron chi connectivity index (χ4n) is 2.22. The highest BCUT2D eigenvalue weighted by Gasteiger charge is 2.11. The van der Waals surface area contributed by atoms with Gasteiger partial charge in [-0.1, -0.05) is 25.5 Å². The van der Waals surface area contributed by atoms with E-state index in [-0.39, 0.29) is 5.95 Å². The summed E-state index contributed by atoms with van der Waals surface area (Å²) in [5.41, 5.74) is 1.60. The molecule has 19 heavy (non-hydrogen) atoms. The van der Waals surface area contributed by atoms with E-state index in [1.54, 1.807) is 6.20 Å². The van der Waals surface area contributed by atoms with Gasteiger partial charge in [-0.05, 0) is 25.5 Å². The van der Waals surface area contributed by atoms with Gasteiger partial charge in [0.05, 0.1) is 11.9 Å². The van der Waals surface area contributed by atoms with E-state index >= 15 is 0 Å². The van der Waals surface area contributed by atoms with E-state index in [2.05, 4.69) is 22.1 Å². The topological polar surface area (TPSA) is 28.2 Å². The fourth-order valence-corrected chi connectivity index (χ4v) is 2.22. The van der Waals surface area contributed by atoms with Gasteiger partial charge in [-0.25, -0.2) is 4.98 Å². The SMILES string of the molecule is CCCC=Cc1cc(N2CCCNCC2)cnc1F. The van der Waals surface area contributed by atoms with Crippen molar-refractivity contribution < 1.29 is 4.39 Å². The van der Waals surface area contributed by atoms with Crippen molar-refractivity contribution >= 4 is 11.8 Å². The number of halogens is 1. The molecule has 1 N–H and O–H groups in total. The van der Waals surface area contributed by atoms with Gasteiger partial charge in [0, 0.05) is 25.2 Å². The van der Waals surface area contributed by atoms with E-state index in [4.69, 9.17) is 0 Å². The molecule has 2 rings (SSSR count). The Labute approximate surface area is 114 Å². The molecule has 1 aliphatic rings. The minimum absolute atomic E-state index is 0.385. The lowest BCUT2D eigenvalue weighted by Crippen LogP contribution is -2.28. The minimum atomic E-state index is -0.385. The first-order valence-electron chi connectivity index (χ1n) is 7.09. The first-order chi connectivity index (χ1) is 9.31. The van der Waals surface area contributed by atoms with Gasteiger partial charge in [-0.15, -0.1) is 0 Å². The molecule has 0 bridgehead atoms. The van der Waals surface area contributed by atoms with Crippen LogP contribution in [-0.4, -0.2) is 31.2 Å². The van der Waals surface area contributed by atoms with E-state index in [0.717, 1.165) is 51.1 Å². The van der Waals surface area contributed by atoms with Gasteiger partial charge >= 0.3 is 0 Å². The first-order valence-corrected chi connectivity index (χ1v) is 7.09. The zero-order valence-electron chi connectivity index (χ0n) is 11.5. The Morgan fingerprint density at radius 2 is 2.32 bits per heavy atom. The number of nitrogens with zero attached hydrogens (tertiary/aromatic N) is 2. The van der Waals surface area contributed by atoms with Crippen LogP contribution in [0.15, 0.2) is 18.3 Å². The van der Waals surface area contributed by atoms with Gasteiger partial charge in [-0.3, -0.25) is 0 Å². The van der Waals surface area contributed by atoms with E-state index in [1.165, 1.54) is 0 Å². The summed E-state index contributed by atoms with van der Waals surface area (Å²) >= 11 is 0. The molecule has 0 saturated carbocycles. The largest absolute Gasteiger partial charge is 0.369 e. The number of aromatic nitrogens is 1. The van der Waals surface area contributed by atoms with Gasteiger partial charge in [0.2, 0.25) is 5.95 Å². The minimum Gasteiger partial charge on any atom is -0.369 e. The Kier molecular flexibility index (Phi) is 5.33. The highest BCUT2D eigenvalue weighted by molar-refractivity contribution is 5.57. The Hall–Kier alpha value is -1.42. The predicted molar refractivity (Wildman–Crippen MR) is 77.8 cm³/mol. The third-order valence-electron chi connectivity index (χ3n) is 3.31. The molecule has 1 aliphatic heterocycles. The smallest absolute Gasteiger partial charge is 0.220 e. The van der Waals surface area contributed by atoms with E-state index < -0.39 is 0 Å². The normalized spacial score (nSPS) is 16.8. The molecule has 3 nitrogen and oxygen atoms in total. The first kappa shape index (κ1) is 14.0. The standard InChI is InChI=1S/C15H22FN3/c1-2-3-4-6-13-11-14(12-18-15(13)16)19-9-5-7-17-8-10-19/h4,6,11-12,17H,2-3,5,7-10H2,1H3. The van der Waals surface area contributed by atoms with Crippen LogP contribution in [0.5, 0.6) is 0 Å². The van der Waals surface area contributed by atoms with Crippen LogP contribution in [0.1, 0.15) is 31.7 Å². The molecular formula is C15H22FN3. The van der Waals surface area contributed by atoms with Crippen LogP contribution in [-0.2, 0) is 0 Å². The molecule has 2 heterocycles. The molecular weight excluding hydrogens is 241 g/mol. The molecule has 1 fully saturated rings. The summed E-state index contributed by atoms with van der Waals surface area (Å²) < 4.78 is 13.7. The summed E-state index contributed by atoms with van der Waals surface area (Å²) in [7, 11) is 0. The van der Waals surface area contributed by atoms with E-state index in [1.807, 2.05) is 18.2 Å². The number of nitrogens with one attached hydrogen (secondary N) is 1. The monoisotopic (exact) mass is 263 g/mol. The van der Waals surface area contributed by atoms with Crippen LogP contribution < -0.4 is 10.2 Å².